The summed E-state index contributed by atoms with van der Waals surface area (Å²) in [5, 5.41) is 9.41. The van der Waals surface area contributed by atoms with E-state index in [4.69, 9.17) is 9.47 Å². The summed E-state index contributed by atoms with van der Waals surface area (Å²) in [6.45, 7) is 1.91. The highest BCUT2D eigenvalue weighted by Crippen LogP contribution is 2.35. The second kappa shape index (κ2) is 9.28. The van der Waals surface area contributed by atoms with E-state index in [0.29, 0.717) is 13.0 Å². The molecule has 0 aromatic heterocycles. The van der Waals surface area contributed by atoms with E-state index >= 15 is 0 Å². The summed E-state index contributed by atoms with van der Waals surface area (Å²) in [4.78, 5) is 40.2. The normalized spacial score (nSPS) is 18.5. The van der Waals surface area contributed by atoms with Gasteiger partial charge in [-0.25, -0.2) is 18.9 Å². The number of ether oxygens (including phenoxy) is 2. The first-order valence-corrected chi connectivity index (χ1v) is 10.7. The molecule has 2 saturated heterocycles. The molecule has 0 aliphatic carbocycles. The van der Waals surface area contributed by atoms with Crippen molar-refractivity contribution in [2.45, 2.75) is 44.9 Å². The van der Waals surface area contributed by atoms with Crippen molar-refractivity contribution in [3.63, 3.8) is 0 Å². The lowest BCUT2D eigenvalue weighted by Crippen LogP contribution is -2.39. The lowest BCUT2D eigenvalue weighted by Gasteiger charge is -2.26. The highest BCUT2D eigenvalue weighted by Gasteiger charge is 2.47. The maximum absolute atomic E-state index is 14.8. The van der Waals surface area contributed by atoms with E-state index in [2.05, 4.69) is 0 Å². The van der Waals surface area contributed by atoms with E-state index in [1.807, 2.05) is 24.3 Å². The topological polar surface area (TPSA) is 99.9 Å². The Morgan fingerprint density at radius 2 is 2.00 bits per heavy atom. The Bertz CT molecular complexity index is 1110. The molecule has 2 aromatic carbocycles. The number of rotatable bonds is 6. The SMILES string of the molecule is CC(Oc1cc(N2C(=O)C3CCCCN3C2=O)c(F)cc1C#N)C(=O)OCc1ccccc1. The van der Waals surface area contributed by atoms with E-state index in [0.717, 1.165) is 35.4 Å². The number of fused-ring (bicyclic) bond motifs is 1. The van der Waals surface area contributed by atoms with Crippen molar-refractivity contribution in [3.05, 3.63) is 59.4 Å². The molecule has 2 atom stereocenters. The number of carbonyl (C=O) groups is 3. The molecule has 3 amide bonds. The van der Waals surface area contributed by atoms with Gasteiger partial charge in [-0.1, -0.05) is 30.3 Å². The molecule has 2 fully saturated rings. The fourth-order valence-corrected chi connectivity index (χ4v) is 3.99. The Morgan fingerprint density at radius 1 is 1.24 bits per heavy atom. The summed E-state index contributed by atoms with van der Waals surface area (Å²) < 4.78 is 25.7. The second-order valence-electron chi connectivity index (χ2n) is 7.93. The van der Waals surface area contributed by atoms with Crippen LogP contribution in [0.5, 0.6) is 5.75 Å². The smallest absolute Gasteiger partial charge is 0.347 e. The maximum Gasteiger partial charge on any atom is 0.347 e. The van der Waals surface area contributed by atoms with Crippen LogP contribution in [-0.2, 0) is 20.9 Å². The highest BCUT2D eigenvalue weighted by atomic mass is 19.1. The van der Waals surface area contributed by atoms with Crippen molar-refractivity contribution in [1.29, 1.82) is 5.26 Å². The Balaban J connectivity index is 1.54. The van der Waals surface area contributed by atoms with Crippen LogP contribution in [0, 0.1) is 17.1 Å². The monoisotopic (exact) mass is 451 g/mol. The second-order valence-corrected chi connectivity index (χ2v) is 7.93. The molecule has 0 spiro atoms. The van der Waals surface area contributed by atoms with Crippen molar-refractivity contribution in [2.24, 2.45) is 0 Å². The summed E-state index contributed by atoms with van der Waals surface area (Å²) >= 11 is 0. The molecule has 170 valence electrons. The van der Waals surface area contributed by atoms with Crippen LogP contribution in [0.1, 0.15) is 37.3 Å². The van der Waals surface area contributed by atoms with Crippen LogP contribution in [0.4, 0.5) is 14.9 Å². The average Bonchev–Trinajstić information content (AvgIpc) is 3.09. The van der Waals surface area contributed by atoms with Crippen molar-refractivity contribution in [2.75, 3.05) is 11.4 Å². The third-order valence-corrected chi connectivity index (χ3v) is 5.72. The molecular weight excluding hydrogens is 429 g/mol. The summed E-state index contributed by atoms with van der Waals surface area (Å²) in [6, 6.07) is 11.7. The highest BCUT2D eigenvalue weighted by molar-refractivity contribution is 6.21. The summed E-state index contributed by atoms with van der Waals surface area (Å²) in [5.74, 6) is -2.22. The standard InChI is InChI=1S/C24H22FN3O5/c1-15(23(30)32-14-16-7-3-2-4-8-16)33-21-12-20(18(25)11-17(21)13-26)28-22(29)19-9-5-6-10-27(19)24(28)31/h2-4,7-8,11-12,15,19H,5-6,9-10,14H2,1H3. The van der Waals surface area contributed by atoms with Crippen LogP contribution < -0.4 is 9.64 Å². The van der Waals surface area contributed by atoms with Crippen LogP contribution in [-0.4, -0.2) is 41.5 Å². The fourth-order valence-electron chi connectivity index (χ4n) is 3.99. The molecule has 0 bridgehead atoms. The van der Waals surface area contributed by atoms with Crippen molar-refractivity contribution >= 4 is 23.6 Å². The minimum absolute atomic E-state index is 0.0428. The van der Waals surface area contributed by atoms with Crippen molar-refractivity contribution in [3.8, 4) is 11.8 Å². The Morgan fingerprint density at radius 3 is 2.70 bits per heavy atom. The third kappa shape index (κ3) is 4.37. The zero-order valence-corrected chi connectivity index (χ0v) is 18.0. The van der Waals surface area contributed by atoms with Gasteiger partial charge in [0.15, 0.2) is 6.10 Å². The number of urea groups is 1. The minimum Gasteiger partial charge on any atom is -0.478 e. The molecule has 8 nitrogen and oxygen atoms in total. The molecule has 2 aliphatic rings. The third-order valence-electron chi connectivity index (χ3n) is 5.72. The number of nitrogens with zero attached hydrogens (tertiary/aromatic N) is 3. The number of halogens is 1. The van der Waals surface area contributed by atoms with Crippen molar-refractivity contribution in [1.82, 2.24) is 4.90 Å². The number of esters is 1. The number of anilines is 1. The van der Waals surface area contributed by atoms with E-state index in [1.165, 1.54) is 11.8 Å². The number of amides is 3. The molecule has 9 heteroatoms. The van der Waals surface area contributed by atoms with Gasteiger partial charge in [-0.15, -0.1) is 0 Å². The van der Waals surface area contributed by atoms with Gasteiger partial charge < -0.3 is 14.4 Å². The number of imide groups is 1. The Kier molecular flexibility index (Phi) is 6.27. The van der Waals surface area contributed by atoms with Gasteiger partial charge in [-0.3, -0.25) is 4.79 Å². The lowest BCUT2D eigenvalue weighted by molar-refractivity contribution is -0.152. The molecule has 4 rings (SSSR count). The predicted molar refractivity (Wildman–Crippen MR) is 115 cm³/mol. The number of hydrogen-bond donors (Lipinski definition) is 0. The molecule has 33 heavy (non-hydrogen) atoms. The molecule has 0 saturated carbocycles. The average molecular weight is 451 g/mol. The summed E-state index contributed by atoms with van der Waals surface area (Å²) in [7, 11) is 0. The first kappa shape index (κ1) is 22.3. The molecule has 0 N–H and O–H groups in total. The van der Waals surface area contributed by atoms with Gasteiger partial charge in [-0.2, -0.15) is 5.26 Å². The molecule has 0 radical (unpaired) electrons. The summed E-state index contributed by atoms with van der Waals surface area (Å²) in [5.41, 5.74) is 0.316. The largest absolute Gasteiger partial charge is 0.478 e. The molecular formula is C24H22FN3O5. The van der Waals surface area contributed by atoms with Crippen LogP contribution in [0.15, 0.2) is 42.5 Å². The van der Waals surface area contributed by atoms with E-state index in [9.17, 15) is 24.0 Å². The number of hydrogen-bond acceptors (Lipinski definition) is 6. The van der Waals surface area contributed by atoms with Crippen molar-refractivity contribution < 1.29 is 28.2 Å². The minimum atomic E-state index is -1.12. The summed E-state index contributed by atoms with van der Waals surface area (Å²) in [6.07, 6.45) is 0.986. The zero-order chi connectivity index (χ0) is 23.5. The van der Waals surface area contributed by atoms with Gasteiger partial charge in [0.1, 0.15) is 30.3 Å². The molecule has 2 heterocycles. The molecule has 2 aliphatic heterocycles. The fraction of sp³-hybridized carbons (Fsp3) is 0.333. The molecule has 2 unspecified atom stereocenters. The first-order valence-electron chi connectivity index (χ1n) is 10.7. The van der Waals surface area contributed by atoms with Gasteiger partial charge in [0.05, 0.1) is 11.3 Å². The van der Waals surface area contributed by atoms with E-state index in [1.54, 1.807) is 12.1 Å². The predicted octanol–water partition coefficient (Wildman–Crippen LogP) is 3.53. The van der Waals surface area contributed by atoms with Gasteiger partial charge in [0, 0.05) is 12.6 Å². The Hall–Kier alpha value is -3.93. The lowest BCUT2D eigenvalue weighted by atomic mass is 10.0. The van der Waals surface area contributed by atoms with Gasteiger partial charge >= 0.3 is 12.0 Å². The Labute approximate surface area is 190 Å². The molecule has 2 aromatic rings. The number of carbonyl (C=O) groups excluding carboxylic acids is 3. The van der Waals surface area contributed by atoms with Gasteiger partial charge in [0.2, 0.25) is 0 Å². The zero-order valence-electron chi connectivity index (χ0n) is 18.0. The number of nitriles is 1. The van der Waals surface area contributed by atoms with Crippen LogP contribution in [0.25, 0.3) is 0 Å². The van der Waals surface area contributed by atoms with Crippen LogP contribution in [0.3, 0.4) is 0 Å². The number of piperidine rings is 1. The quantitative estimate of drug-likeness (QED) is 0.492. The van der Waals surface area contributed by atoms with Crippen LogP contribution in [0.2, 0.25) is 0 Å². The number of benzene rings is 2. The van der Waals surface area contributed by atoms with E-state index < -0.39 is 35.9 Å². The van der Waals surface area contributed by atoms with Crippen LogP contribution >= 0.6 is 0 Å². The van der Waals surface area contributed by atoms with E-state index in [-0.39, 0.29) is 23.6 Å². The van der Waals surface area contributed by atoms with Gasteiger partial charge in [-0.05, 0) is 37.8 Å². The van der Waals surface area contributed by atoms with Gasteiger partial charge in [0.25, 0.3) is 5.91 Å². The maximum atomic E-state index is 14.8. The first-order chi connectivity index (χ1) is 15.9.